The van der Waals surface area contributed by atoms with Crippen LogP contribution in [-0.2, 0) is 13.6 Å². The maximum absolute atomic E-state index is 14.3. The number of hydrogen-bond acceptors (Lipinski definition) is 6. The van der Waals surface area contributed by atoms with Gasteiger partial charge in [-0.25, -0.2) is 4.39 Å². The summed E-state index contributed by atoms with van der Waals surface area (Å²) in [6.07, 6.45) is 3.72. The molecule has 1 fully saturated rings. The topological polar surface area (TPSA) is 67.2 Å². The van der Waals surface area contributed by atoms with Crippen LogP contribution in [0.2, 0.25) is 0 Å². The van der Waals surface area contributed by atoms with Gasteiger partial charge in [0.1, 0.15) is 23.1 Å². The fourth-order valence-corrected chi connectivity index (χ4v) is 5.60. The summed E-state index contributed by atoms with van der Waals surface area (Å²) >= 11 is 0. The number of phenols is 1. The number of anilines is 1. The van der Waals surface area contributed by atoms with Crippen molar-refractivity contribution in [2.24, 2.45) is 7.05 Å². The monoisotopic (exact) mass is 527 g/mol. The number of piperazine rings is 1. The Labute approximate surface area is 226 Å². The highest BCUT2D eigenvalue weighted by Gasteiger charge is 2.34. The quantitative estimate of drug-likeness (QED) is 0.357. The van der Waals surface area contributed by atoms with Crippen molar-refractivity contribution in [3.8, 4) is 17.2 Å². The summed E-state index contributed by atoms with van der Waals surface area (Å²) in [6.45, 7) is 4.92. The van der Waals surface area contributed by atoms with Gasteiger partial charge >= 0.3 is 0 Å². The number of allylic oxidation sites excluding steroid dienone is 1. The van der Waals surface area contributed by atoms with Gasteiger partial charge in [0.25, 0.3) is 0 Å². The number of aromatic hydroxyl groups is 1. The first-order valence-electron chi connectivity index (χ1n) is 13.0. The van der Waals surface area contributed by atoms with Gasteiger partial charge in [-0.2, -0.15) is 0 Å². The Bertz CT molecular complexity index is 1630. The number of halogens is 1. The predicted octanol–water partition coefficient (Wildman–Crippen LogP) is 5.28. The summed E-state index contributed by atoms with van der Waals surface area (Å²) in [5, 5.41) is 11.9. The number of nitrogens with zero attached hydrogens (tertiary/aromatic N) is 3. The maximum atomic E-state index is 14.3. The van der Waals surface area contributed by atoms with Gasteiger partial charge in [-0.05, 0) is 55.0 Å². The van der Waals surface area contributed by atoms with Crippen molar-refractivity contribution in [2.45, 2.75) is 13.5 Å². The average molecular weight is 528 g/mol. The van der Waals surface area contributed by atoms with E-state index in [0.29, 0.717) is 60.9 Å². The van der Waals surface area contributed by atoms with E-state index >= 15 is 0 Å². The van der Waals surface area contributed by atoms with Gasteiger partial charge in [-0.3, -0.25) is 9.69 Å². The van der Waals surface area contributed by atoms with Crippen LogP contribution >= 0.6 is 0 Å². The second-order valence-corrected chi connectivity index (χ2v) is 10.1. The molecule has 0 unspecified atom stereocenters. The van der Waals surface area contributed by atoms with E-state index in [0.717, 1.165) is 22.2 Å². The summed E-state index contributed by atoms with van der Waals surface area (Å²) in [5.41, 5.74) is 4.20. The van der Waals surface area contributed by atoms with Crippen LogP contribution in [-0.4, -0.2) is 53.6 Å². The lowest BCUT2D eigenvalue weighted by Gasteiger charge is -2.36. The third-order valence-electron chi connectivity index (χ3n) is 7.68. The fraction of sp³-hybridized carbons (Fsp3) is 0.258. The molecule has 1 aromatic heterocycles. The zero-order valence-electron chi connectivity index (χ0n) is 22.2. The Morgan fingerprint density at radius 2 is 1.87 bits per heavy atom. The van der Waals surface area contributed by atoms with Crippen molar-refractivity contribution in [2.75, 3.05) is 38.2 Å². The van der Waals surface area contributed by atoms with Crippen LogP contribution in [0.3, 0.4) is 0 Å². The second kappa shape index (κ2) is 9.78. The SMILES string of the molecule is COc1ccc2c(c1)c(/C=C1/Oc3c(CN4CCN(c5ccccc5F)CC4)c(O)cc(C)c3C1=O)cn2C. The number of carbonyl (C=O) groups excluding carboxylic acids is 1. The Balaban J connectivity index is 1.27. The number of ether oxygens (including phenoxy) is 2. The average Bonchev–Trinajstić information content (AvgIpc) is 3.43. The van der Waals surface area contributed by atoms with Gasteiger partial charge in [0.15, 0.2) is 5.76 Å². The minimum Gasteiger partial charge on any atom is -0.507 e. The largest absolute Gasteiger partial charge is 0.507 e. The molecule has 7 nitrogen and oxygen atoms in total. The lowest BCUT2D eigenvalue weighted by Crippen LogP contribution is -2.46. The van der Waals surface area contributed by atoms with Crippen molar-refractivity contribution in [3.63, 3.8) is 0 Å². The molecule has 8 heteroatoms. The number of hydrogen-bond donors (Lipinski definition) is 1. The summed E-state index contributed by atoms with van der Waals surface area (Å²) in [4.78, 5) is 17.7. The molecule has 3 aromatic carbocycles. The minimum absolute atomic E-state index is 0.103. The zero-order chi connectivity index (χ0) is 27.3. The number of phenolic OH excluding ortho intramolecular Hbond substituents is 1. The molecular weight excluding hydrogens is 497 g/mol. The molecule has 1 saturated heterocycles. The van der Waals surface area contributed by atoms with E-state index in [1.165, 1.54) is 6.07 Å². The molecule has 0 spiro atoms. The lowest BCUT2D eigenvalue weighted by atomic mass is 9.99. The van der Waals surface area contributed by atoms with Crippen LogP contribution in [0.15, 0.2) is 60.5 Å². The molecule has 2 aliphatic heterocycles. The maximum Gasteiger partial charge on any atom is 0.232 e. The number of aryl methyl sites for hydroxylation is 2. The van der Waals surface area contributed by atoms with E-state index in [1.54, 1.807) is 31.4 Å². The van der Waals surface area contributed by atoms with E-state index < -0.39 is 0 Å². The van der Waals surface area contributed by atoms with E-state index in [1.807, 2.05) is 53.9 Å². The highest BCUT2D eigenvalue weighted by atomic mass is 19.1. The van der Waals surface area contributed by atoms with Crippen LogP contribution in [0.4, 0.5) is 10.1 Å². The third-order valence-corrected chi connectivity index (χ3v) is 7.68. The second-order valence-electron chi connectivity index (χ2n) is 10.1. The molecule has 0 saturated carbocycles. The highest BCUT2D eigenvalue weighted by molar-refractivity contribution is 6.16. The molecular formula is C31H30FN3O4. The minimum atomic E-state index is -0.226. The van der Waals surface area contributed by atoms with Crippen molar-refractivity contribution in [1.29, 1.82) is 0 Å². The molecule has 4 aromatic rings. The van der Waals surface area contributed by atoms with Crippen molar-refractivity contribution in [1.82, 2.24) is 9.47 Å². The Hall–Kier alpha value is -4.30. The Morgan fingerprint density at radius 3 is 2.62 bits per heavy atom. The standard InChI is InChI=1S/C31H30FN3O4/c1-19-14-27(36)23(18-34-10-12-35(13-11-34)26-7-5-4-6-24(26)32)31-29(19)30(37)28(39-31)15-20-17-33(2)25-9-8-21(38-3)16-22(20)25/h4-9,14-17,36H,10-13,18H2,1-3H3/b28-15+. The third kappa shape index (κ3) is 4.40. The molecule has 0 atom stereocenters. The molecule has 39 heavy (non-hydrogen) atoms. The van der Waals surface area contributed by atoms with Gasteiger partial charge in [-0.15, -0.1) is 0 Å². The van der Waals surface area contributed by atoms with Gasteiger partial charge < -0.3 is 24.0 Å². The number of rotatable bonds is 5. The van der Waals surface area contributed by atoms with E-state index in [2.05, 4.69) is 4.90 Å². The lowest BCUT2D eigenvalue weighted by molar-refractivity contribution is 0.101. The number of fused-ring (bicyclic) bond motifs is 2. The summed E-state index contributed by atoms with van der Waals surface area (Å²) in [6, 6.07) is 14.3. The van der Waals surface area contributed by atoms with Crippen molar-refractivity contribution >= 4 is 28.4 Å². The van der Waals surface area contributed by atoms with Crippen LogP contribution in [0.1, 0.15) is 27.0 Å². The molecule has 2 aliphatic rings. The number of benzene rings is 3. The van der Waals surface area contributed by atoms with Gasteiger partial charge in [0.05, 0.1) is 23.9 Å². The van der Waals surface area contributed by atoms with Crippen molar-refractivity contribution in [3.05, 3.63) is 88.6 Å². The van der Waals surface area contributed by atoms with Gasteiger partial charge in [0.2, 0.25) is 5.78 Å². The fourth-order valence-electron chi connectivity index (χ4n) is 5.60. The number of para-hydroxylation sites is 1. The van der Waals surface area contributed by atoms with Gasteiger partial charge in [0, 0.05) is 62.4 Å². The molecule has 0 radical (unpaired) electrons. The first-order valence-corrected chi connectivity index (χ1v) is 13.0. The normalized spacial score (nSPS) is 16.7. The molecule has 3 heterocycles. The molecule has 0 aliphatic carbocycles. The number of carbonyl (C=O) groups is 1. The summed E-state index contributed by atoms with van der Waals surface area (Å²) < 4.78 is 27.9. The first kappa shape index (κ1) is 25.0. The van der Waals surface area contributed by atoms with Crippen LogP contribution < -0.4 is 14.4 Å². The van der Waals surface area contributed by atoms with Crippen LogP contribution in [0.25, 0.3) is 17.0 Å². The Kier molecular flexibility index (Phi) is 6.27. The number of Topliss-reactive ketones (excluding diaryl/α,β-unsaturated/α-hetero) is 1. The predicted molar refractivity (Wildman–Crippen MR) is 149 cm³/mol. The Morgan fingerprint density at radius 1 is 1.10 bits per heavy atom. The van der Waals surface area contributed by atoms with E-state index in [9.17, 15) is 14.3 Å². The van der Waals surface area contributed by atoms with Crippen molar-refractivity contribution < 1.29 is 23.8 Å². The molecule has 6 rings (SSSR count). The highest BCUT2D eigenvalue weighted by Crippen LogP contribution is 2.43. The molecule has 200 valence electrons. The van der Waals surface area contributed by atoms with E-state index in [4.69, 9.17) is 9.47 Å². The molecule has 0 amide bonds. The number of methoxy groups -OCH3 is 1. The molecule has 1 N–H and O–H groups in total. The van der Waals surface area contributed by atoms with Crippen LogP contribution in [0, 0.1) is 12.7 Å². The first-order chi connectivity index (χ1) is 18.8. The molecule has 0 bridgehead atoms. The number of aromatic nitrogens is 1. The van der Waals surface area contributed by atoms with E-state index in [-0.39, 0.29) is 23.1 Å². The van der Waals surface area contributed by atoms with Crippen LogP contribution in [0.5, 0.6) is 17.2 Å². The van der Waals surface area contributed by atoms with Gasteiger partial charge in [-0.1, -0.05) is 12.1 Å². The summed E-state index contributed by atoms with van der Waals surface area (Å²) in [7, 11) is 3.58. The smallest absolute Gasteiger partial charge is 0.232 e. The zero-order valence-corrected chi connectivity index (χ0v) is 22.2. The summed E-state index contributed by atoms with van der Waals surface area (Å²) in [5.74, 6) is 1.04. The number of ketones is 1.